The molecule has 3 N–H and O–H groups in total. The van der Waals surface area contributed by atoms with Gasteiger partial charge in [-0.1, -0.05) is 6.92 Å². The molecule has 2 aromatic carbocycles. The largest absolute Gasteiger partial charge is 0.493 e. The van der Waals surface area contributed by atoms with Crippen LogP contribution in [0.4, 0.5) is 0 Å². The maximum atomic E-state index is 12.4. The maximum Gasteiger partial charge on any atom is 0.271 e. The molecule has 2 amide bonds. The second-order valence-electron chi connectivity index (χ2n) is 6.20. The van der Waals surface area contributed by atoms with Crippen LogP contribution in [0, 0.1) is 3.57 Å². The van der Waals surface area contributed by atoms with E-state index in [4.69, 9.17) is 24.7 Å². The highest BCUT2D eigenvalue weighted by Gasteiger charge is 2.13. The molecule has 2 aromatic rings. The minimum absolute atomic E-state index is 0.262. The molecule has 0 heterocycles. The van der Waals surface area contributed by atoms with Crippen molar-refractivity contribution in [3.63, 3.8) is 0 Å². The Kier molecular flexibility index (Phi) is 9.38. The molecule has 0 bridgehead atoms. The van der Waals surface area contributed by atoms with Gasteiger partial charge in [-0.25, -0.2) is 5.43 Å². The summed E-state index contributed by atoms with van der Waals surface area (Å²) in [6.07, 6.45) is 2.33. The summed E-state index contributed by atoms with van der Waals surface area (Å²) < 4.78 is 22.3. The van der Waals surface area contributed by atoms with Crippen LogP contribution in [0.3, 0.4) is 0 Å². The monoisotopic (exact) mass is 541 g/mol. The maximum absolute atomic E-state index is 12.4. The topological polar surface area (TPSA) is 121 Å². The van der Waals surface area contributed by atoms with E-state index in [2.05, 4.69) is 10.5 Å². The number of ether oxygens (including phenoxy) is 4. The van der Waals surface area contributed by atoms with Crippen LogP contribution < -0.4 is 30.1 Å². The SMILES string of the molecule is CCCOc1ccc(C(=O)N/N=C/c2cc(I)c(OCC(N)=O)c(OC)c2)cc1OC. The number of nitrogens with one attached hydrogen (secondary N) is 1. The molecule has 0 spiro atoms. The van der Waals surface area contributed by atoms with E-state index < -0.39 is 11.8 Å². The molecule has 166 valence electrons. The molecule has 0 atom stereocenters. The summed E-state index contributed by atoms with van der Waals surface area (Å²) in [6.45, 7) is 2.30. The number of amides is 2. The fourth-order valence-corrected chi connectivity index (χ4v) is 3.25. The van der Waals surface area contributed by atoms with Crippen LogP contribution in [0.1, 0.15) is 29.3 Å². The lowest BCUT2D eigenvalue weighted by Gasteiger charge is -2.12. The van der Waals surface area contributed by atoms with Gasteiger partial charge >= 0.3 is 0 Å². The Morgan fingerprint density at radius 3 is 2.48 bits per heavy atom. The van der Waals surface area contributed by atoms with Gasteiger partial charge in [0.1, 0.15) is 0 Å². The first-order valence-corrected chi connectivity index (χ1v) is 10.4. The molecule has 0 aliphatic carbocycles. The van der Waals surface area contributed by atoms with Crippen molar-refractivity contribution < 1.29 is 28.5 Å². The molecule has 0 saturated heterocycles. The minimum Gasteiger partial charge on any atom is -0.493 e. The van der Waals surface area contributed by atoms with Crippen molar-refractivity contribution in [3.05, 3.63) is 45.0 Å². The Hall–Kier alpha value is -3.02. The summed E-state index contributed by atoms with van der Waals surface area (Å²) in [5.41, 5.74) is 8.63. The predicted molar refractivity (Wildman–Crippen MR) is 124 cm³/mol. The molecule has 0 aromatic heterocycles. The van der Waals surface area contributed by atoms with Gasteiger partial charge in [0.05, 0.1) is 30.6 Å². The second-order valence-corrected chi connectivity index (χ2v) is 7.36. The number of nitrogens with two attached hydrogens (primary N) is 1. The number of hydrogen-bond donors (Lipinski definition) is 2. The Morgan fingerprint density at radius 1 is 1.10 bits per heavy atom. The number of methoxy groups -OCH3 is 2. The fourth-order valence-electron chi connectivity index (χ4n) is 2.47. The first kappa shape index (κ1) is 24.3. The number of hydrogen-bond acceptors (Lipinski definition) is 7. The number of primary amides is 1. The highest BCUT2D eigenvalue weighted by molar-refractivity contribution is 14.1. The van der Waals surface area contributed by atoms with E-state index in [9.17, 15) is 9.59 Å². The third kappa shape index (κ3) is 7.02. The van der Waals surface area contributed by atoms with Crippen molar-refractivity contribution in [2.24, 2.45) is 10.8 Å². The van der Waals surface area contributed by atoms with Gasteiger partial charge in [0.2, 0.25) is 0 Å². The molecule has 0 fully saturated rings. The highest BCUT2D eigenvalue weighted by Crippen LogP contribution is 2.33. The normalized spacial score (nSPS) is 10.6. The molecule has 0 aliphatic heterocycles. The Balaban J connectivity index is 2.10. The summed E-state index contributed by atoms with van der Waals surface area (Å²) in [7, 11) is 2.99. The molecular weight excluding hydrogens is 517 g/mol. The lowest BCUT2D eigenvalue weighted by molar-refractivity contribution is -0.119. The van der Waals surface area contributed by atoms with E-state index >= 15 is 0 Å². The molecular formula is C21H24IN3O6. The number of rotatable bonds is 11. The van der Waals surface area contributed by atoms with Crippen LogP contribution in [0.5, 0.6) is 23.0 Å². The van der Waals surface area contributed by atoms with Crippen LogP contribution >= 0.6 is 22.6 Å². The third-order valence-corrected chi connectivity index (χ3v) is 4.68. The summed E-state index contributed by atoms with van der Waals surface area (Å²) in [5.74, 6) is 0.863. The average Bonchev–Trinajstić information content (AvgIpc) is 2.76. The predicted octanol–water partition coefficient (Wildman–Crippen LogP) is 2.73. The molecule has 31 heavy (non-hydrogen) atoms. The number of nitrogens with zero attached hydrogens (tertiary/aromatic N) is 1. The van der Waals surface area contributed by atoms with Crippen molar-refractivity contribution in [1.82, 2.24) is 5.43 Å². The summed E-state index contributed by atoms with van der Waals surface area (Å²) in [5, 5.41) is 4.00. The van der Waals surface area contributed by atoms with E-state index in [1.807, 2.05) is 29.5 Å². The smallest absolute Gasteiger partial charge is 0.271 e. The van der Waals surface area contributed by atoms with Crippen LogP contribution in [0.2, 0.25) is 0 Å². The Morgan fingerprint density at radius 2 is 1.84 bits per heavy atom. The Labute approximate surface area is 194 Å². The van der Waals surface area contributed by atoms with E-state index in [1.54, 1.807) is 30.3 Å². The second kappa shape index (κ2) is 12.0. The van der Waals surface area contributed by atoms with Gasteiger partial charge in [0.15, 0.2) is 29.6 Å². The molecule has 0 saturated carbocycles. The van der Waals surface area contributed by atoms with Crippen LogP contribution in [-0.4, -0.2) is 45.5 Å². The molecule has 9 nitrogen and oxygen atoms in total. The standard InChI is InChI=1S/C21H24IN3O6/c1-4-7-30-16-6-5-14(10-17(16)28-2)21(27)25-24-11-13-8-15(22)20(18(9-13)29-3)31-12-19(23)26/h5-6,8-11H,4,7,12H2,1-3H3,(H2,23,26)(H,25,27)/b24-11+. The molecule has 0 radical (unpaired) electrons. The van der Waals surface area contributed by atoms with Gasteiger partial charge in [0.25, 0.3) is 11.8 Å². The van der Waals surface area contributed by atoms with Gasteiger partial charge in [-0.3, -0.25) is 9.59 Å². The fraction of sp³-hybridized carbons (Fsp3) is 0.286. The van der Waals surface area contributed by atoms with Crippen LogP contribution in [0.15, 0.2) is 35.4 Å². The van der Waals surface area contributed by atoms with Gasteiger partial charge < -0.3 is 24.7 Å². The third-order valence-electron chi connectivity index (χ3n) is 3.88. The zero-order valence-corrected chi connectivity index (χ0v) is 19.6. The first-order valence-electron chi connectivity index (χ1n) is 9.32. The number of hydrazone groups is 1. The first-order chi connectivity index (χ1) is 14.9. The summed E-state index contributed by atoms with van der Waals surface area (Å²) in [6, 6.07) is 8.34. The summed E-state index contributed by atoms with van der Waals surface area (Å²) >= 11 is 2.04. The van der Waals surface area contributed by atoms with E-state index in [0.717, 1.165) is 6.42 Å². The van der Waals surface area contributed by atoms with Crippen molar-refractivity contribution in [1.29, 1.82) is 0 Å². The van der Waals surface area contributed by atoms with Gasteiger partial charge in [0, 0.05) is 5.56 Å². The summed E-state index contributed by atoms with van der Waals surface area (Å²) in [4.78, 5) is 23.4. The number of benzene rings is 2. The van der Waals surface area contributed by atoms with Crippen LogP contribution in [0.25, 0.3) is 0 Å². The molecule has 0 aliphatic rings. The zero-order chi connectivity index (χ0) is 22.8. The Bertz CT molecular complexity index is 964. The zero-order valence-electron chi connectivity index (χ0n) is 17.4. The van der Waals surface area contributed by atoms with Crippen molar-refractivity contribution in [3.8, 4) is 23.0 Å². The minimum atomic E-state index is -0.590. The number of halogens is 1. The van der Waals surface area contributed by atoms with Gasteiger partial charge in [-0.15, -0.1) is 0 Å². The van der Waals surface area contributed by atoms with Gasteiger partial charge in [-0.05, 0) is 64.9 Å². The molecule has 0 unspecified atom stereocenters. The van der Waals surface area contributed by atoms with E-state index in [0.29, 0.717) is 44.3 Å². The average molecular weight is 541 g/mol. The quantitative estimate of drug-likeness (QED) is 0.257. The van der Waals surface area contributed by atoms with E-state index in [1.165, 1.54) is 20.4 Å². The molecule has 2 rings (SSSR count). The van der Waals surface area contributed by atoms with Crippen molar-refractivity contribution in [2.75, 3.05) is 27.4 Å². The van der Waals surface area contributed by atoms with Crippen molar-refractivity contribution >= 4 is 40.6 Å². The lowest BCUT2D eigenvalue weighted by atomic mass is 10.2. The van der Waals surface area contributed by atoms with Gasteiger partial charge in [-0.2, -0.15) is 5.10 Å². The van der Waals surface area contributed by atoms with Crippen LogP contribution in [-0.2, 0) is 4.79 Å². The number of carbonyl (C=O) groups excluding carboxylic acids is 2. The molecule has 10 heteroatoms. The van der Waals surface area contributed by atoms with Crippen molar-refractivity contribution in [2.45, 2.75) is 13.3 Å². The number of carbonyl (C=O) groups is 2. The lowest BCUT2D eigenvalue weighted by Crippen LogP contribution is -2.20. The van der Waals surface area contributed by atoms with E-state index in [-0.39, 0.29) is 6.61 Å². The highest BCUT2D eigenvalue weighted by atomic mass is 127.